The normalized spacial score (nSPS) is 15.0. The lowest BCUT2D eigenvalue weighted by molar-refractivity contribution is -0.141. The summed E-state index contributed by atoms with van der Waals surface area (Å²) in [6, 6.07) is 15.1. The van der Waals surface area contributed by atoms with Gasteiger partial charge in [0.2, 0.25) is 11.8 Å². The van der Waals surface area contributed by atoms with Crippen LogP contribution in [0.25, 0.3) is 0 Å². The van der Waals surface area contributed by atoms with E-state index in [0.717, 1.165) is 36.1 Å². The standard InChI is InChI=1S/C27H32N2O3S/c1-19(2)20-11-13-21(14-12-20)26(27(31)28-22-7-3-4-8-22)29(18-23-9-5-15-32-23)25(30)17-24-10-6-16-33-24/h5-6,9-16,19,22,26H,3-4,7-8,17-18H2,1-2H3,(H,28,31)/t26-/m1/s1. The van der Waals surface area contributed by atoms with Crippen LogP contribution in [0.1, 0.15) is 73.3 Å². The molecule has 1 aromatic carbocycles. The maximum absolute atomic E-state index is 13.7. The first-order valence-corrected chi connectivity index (χ1v) is 12.6. The van der Waals surface area contributed by atoms with Gasteiger partial charge in [-0.2, -0.15) is 0 Å². The number of thiophene rings is 1. The fourth-order valence-corrected chi connectivity index (χ4v) is 5.14. The molecule has 0 saturated heterocycles. The van der Waals surface area contributed by atoms with Gasteiger partial charge in [-0.05, 0) is 53.5 Å². The summed E-state index contributed by atoms with van der Waals surface area (Å²) in [5.41, 5.74) is 2.03. The second-order valence-electron chi connectivity index (χ2n) is 9.07. The molecule has 0 spiro atoms. The third-order valence-electron chi connectivity index (χ3n) is 6.31. The molecule has 1 saturated carbocycles. The van der Waals surface area contributed by atoms with Crippen LogP contribution in [-0.2, 0) is 22.6 Å². The summed E-state index contributed by atoms with van der Waals surface area (Å²) in [5.74, 6) is 0.843. The van der Waals surface area contributed by atoms with Gasteiger partial charge in [0.05, 0.1) is 19.2 Å². The molecule has 2 aromatic heterocycles. The topological polar surface area (TPSA) is 62.6 Å². The summed E-state index contributed by atoms with van der Waals surface area (Å²) < 4.78 is 5.58. The number of carbonyl (C=O) groups excluding carboxylic acids is 2. The maximum Gasteiger partial charge on any atom is 0.247 e. The number of nitrogens with one attached hydrogen (secondary N) is 1. The number of benzene rings is 1. The Bertz CT molecular complexity index is 1020. The molecule has 1 N–H and O–H groups in total. The average molecular weight is 465 g/mol. The van der Waals surface area contributed by atoms with Crippen molar-refractivity contribution in [2.75, 3.05) is 0 Å². The minimum Gasteiger partial charge on any atom is -0.467 e. The number of carbonyl (C=O) groups is 2. The van der Waals surface area contributed by atoms with Crippen LogP contribution in [0.3, 0.4) is 0 Å². The molecular weight excluding hydrogens is 432 g/mol. The van der Waals surface area contributed by atoms with E-state index in [9.17, 15) is 9.59 Å². The molecule has 5 nitrogen and oxygen atoms in total. The number of nitrogens with zero attached hydrogens (tertiary/aromatic N) is 1. The van der Waals surface area contributed by atoms with Crippen molar-refractivity contribution in [2.45, 2.75) is 70.5 Å². The number of hydrogen-bond acceptors (Lipinski definition) is 4. The van der Waals surface area contributed by atoms with Gasteiger partial charge >= 0.3 is 0 Å². The molecular formula is C27H32N2O3S. The Labute approximate surface area is 199 Å². The first-order chi connectivity index (χ1) is 16.0. The molecule has 1 aliphatic carbocycles. The van der Waals surface area contributed by atoms with Gasteiger partial charge in [0, 0.05) is 10.9 Å². The van der Waals surface area contributed by atoms with Crippen LogP contribution in [-0.4, -0.2) is 22.8 Å². The van der Waals surface area contributed by atoms with E-state index in [4.69, 9.17) is 4.42 Å². The van der Waals surface area contributed by atoms with E-state index in [1.54, 1.807) is 22.5 Å². The van der Waals surface area contributed by atoms with Crippen molar-refractivity contribution in [3.8, 4) is 0 Å². The minimum atomic E-state index is -0.718. The van der Waals surface area contributed by atoms with Gasteiger partial charge in [-0.3, -0.25) is 9.59 Å². The Kier molecular flexibility index (Phi) is 7.65. The number of furan rings is 1. The Morgan fingerprint density at radius 3 is 2.39 bits per heavy atom. The van der Waals surface area contributed by atoms with Crippen LogP contribution < -0.4 is 5.32 Å². The Morgan fingerprint density at radius 1 is 1.06 bits per heavy atom. The molecule has 6 heteroatoms. The average Bonchev–Trinajstić information content (AvgIpc) is 3.58. The second-order valence-corrected chi connectivity index (χ2v) is 10.1. The van der Waals surface area contributed by atoms with E-state index >= 15 is 0 Å². The van der Waals surface area contributed by atoms with Crippen molar-refractivity contribution in [1.82, 2.24) is 10.2 Å². The molecule has 1 atom stereocenters. The Hall–Kier alpha value is -2.86. The zero-order valence-corrected chi connectivity index (χ0v) is 20.1. The summed E-state index contributed by atoms with van der Waals surface area (Å²) in [5, 5.41) is 5.19. The quantitative estimate of drug-likeness (QED) is 0.433. The monoisotopic (exact) mass is 464 g/mol. The van der Waals surface area contributed by atoms with Crippen LogP contribution in [0.5, 0.6) is 0 Å². The molecule has 0 aliphatic heterocycles. The molecule has 0 radical (unpaired) electrons. The van der Waals surface area contributed by atoms with Gasteiger partial charge < -0.3 is 14.6 Å². The zero-order chi connectivity index (χ0) is 23.2. The largest absolute Gasteiger partial charge is 0.467 e. The molecule has 0 unspecified atom stereocenters. The fraction of sp³-hybridized carbons (Fsp3) is 0.407. The highest BCUT2D eigenvalue weighted by Gasteiger charge is 2.33. The van der Waals surface area contributed by atoms with Gasteiger partial charge in [-0.25, -0.2) is 0 Å². The molecule has 0 bridgehead atoms. The lowest BCUT2D eigenvalue weighted by Crippen LogP contribution is -2.46. The molecule has 33 heavy (non-hydrogen) atoms. The highest BCUT2D eigenvalue weighted by molar-refractivity contribution is 7.10. The van der Waals surface area contributed by atoms with E-state index in [0.29, 0.717) is 11.7 Å². The predicted molar refractivity (Wildman–Crippen MR) is 131 cm³/mol. The second kappa shape index (κ2) is 10.8. The van der Waals surface area contributed by atoms with Gasteiger partial charge in [0.25, 0.3) is 0 Å². The van der Waals surface area contributed by atoms with E-state index in [-0.39, 0.29) is 30.8 Å². The van der Waals surface area contributed by atoms with Crippen molar-refractivity contribution < 1.29 is 14.0 Å². The van der Waals surface area contributed by atoms with Crippen LogP contribution >= 0.6 is 11.3 Å². The number of hydrogen-bond donors (Lipinski definition) is 1. The van der Waals surface area contributed by atoms with Crippen LogP contribution in [0.15, 0.2) is 64.6 Å². The minimum absolute atomic E-state index is 0.0895. The van der Waals surface area contributed by atoms with Crippen LogP contribution in [0.4, 0.5) is 0 Å². The number of amides is 2. The van der Waals surface area contributed by atoms with Gasteiger partial charge in [-0.15, -0.1) is 11.3 Å². The Balaban J connectivity index is 1.68. The van der Waals surface area contributed by atoms with Gasteiger partial charge in [-0.1, -0.05) is 57.0 Å². The molecule has 1 aliphatic rings. The van der Waals surface area contributed by atoms with E-state index in [1.807, 2.05) is 41.8 Å². The zero-order valence-electron chi connectivity index (χ0n) is 19.3. The molecule has 2 amide bonds. The highest BCUT2D eigenvalue weighted by atomic mass is 32.1. The van der Waals surface area contributed by atoms with Gasteiger partial charge in [0.15, 0.2) is 0 Å². The van der Waals surface area contributed by atoms with Crippen molar-refractivity contribution >= 4 is 23.2 Å². The summed E-state index contributed by atoms with van der Waals surface area (Å²) >= 11 is 1.55. The van der Waals surface area contributed by atoms with Crippen molar-refractivity contribution in [3.05, 3.63) is 81.9 Å². The first-order valence-electron chi connectivity index (χ1n) is 11.8. The summed E-state index contributed by atoms with van der Waals surface area (Å²) in [4.78, 5) is 29.9. The van der Waals surface area contributed by atoms with E-state index in [2.05, 4.69) is 31.3 Å². The Morgan fingerprint density at radius 2 is 1.79 bits per heavy atom. The van der Waals surface area contributed by atoms with Gasteiger partial charge in [0.1, 0.15) is 11.8 Å². The predicted octanol–water partition coefficient (Wildman–Crippen LogP) is 5.84. The third-order valence-corrected chi connectivity index (χ3v) is 7.19. The maximum atomic E-state index is 13.7. The van der Waals surface area contributed by atoms with Crippen molar-refractivity contribution in [3.63, 3.8) is 0 Å². The smallest absolute Gasteiger partial charge is 0.247 e. The van der Waals surface area contributed by atoms with Crippen molar-refractivity contribution in [1.29, 1.82) is 0 Å². The molecule has 1 fully saturated rings. The highest BCUT2D eigenvalue weighted by Crippen LogP contribution is 2.28. The van der Waals surface area contributed by atoms with Crippen LogP contribution in [0, 0.1) is 0 Å². The summed E-state index contributed by atoms with van der Waals surface area (Å²) in [6.45, 7) is 4.53. The lowest BCUT2D eigenvalue weighted by Gasteiger charge is -2.32. The van der Waals surface area contributed by atoms with Crippen LogP contribution in [0.2, 0.25) is 0 Å². The molecule has 2 heterocycles. The first kappa shape index (κ1) is 23.3. The molecule has 4 rings (SSSR count). The van der Waals surface area contributed by atoms with E-state index < -0.39 is 6.04 Å². The number of rotatable bonds is 9. The molecule has 3 aromatic rings. The summed E-state index contributed by atoms with van der Waals surface area (Å²) in [6.07, 6.45) is 6.11. The molecule has 174 valence electrons. The van der Waals surface area contributed by atoms with Crippen molar-refractivity contribution in [2.24, 2.45) is 0 Å². The lowest BCUT2D eigenvalue weighted by atomic mass is 9.97. The van der Waals surface area contributed by atoms with E-state index in [1.165, 1.54) is 5.56 Å². The SMILES string of the molecule is CC(C)c1ccc([C@H](C(=O)NC2CCCC2)N(Cc2ccco2)C(=O)Cc2cccs2)cc1. The third kappa shape index (κ3) is 5.93. The summed E-state index contributed by atoms with van der Waals surface area (Å²) in [7, 11) is 0. The fourth-order valence-electron chi connectivity index (χ4n) is 4.44.